The van der Waals surface area contributed by atoms with Crippen molar-refractivity contribution in [1.82, 2.24) is 0 Å². The summed E-state index contributed by atoms with van der Waals surface area (Å²) in [5.74, 6) is 0.986. The maximum absolute atomic E-state index is 10.3. The fraction of sp³-hybridized carbons (Fsp3) is 0.111. The maximum atomic E-state index is 10.3. The molecule has 0 heterocycles. The number of allylic oxidation sites excluding steroid dienone is 2. The van der Waals surface area contributed by atoms with Crippen molar-refractivity contribution in [2.24, 2.45) is 0 Å². The second-order valence-electron chi connectivity index (χ2n) is 4.60. The topological polar surface area (TPSA) is 29.5 Å². The third-order valence-corrected chi connectivity index (χ3v) is 3.17. The minimum Gasteiger partial charge on any atom is -0.507 e. The van der Waals surface area contributed by atoms with Gasteiger partial charge < -0.3 is 9.84 Å². The Hall–Kier alpha value is -2.48. The van der Waals surface area contributed by atoms with Crippen LogP contribution >= 0.6 is 0 Å². The summed E-state index contributed by atoms with van der Waals surface area (Å²) in [7, 11) is 1.63. The van der Waals surface area contributed by atoms with E-state index in [-0.39, 0.29) is 5.76 Å². The first-order valence-electron chi connectivity index (χ1n) is 6.42. The molecule has 2 nitrogen and oxygen atoms in total. The lowest BCUT2D eigenvalue weighted by Gasteiger charge is -2.08. The Kier molecular flexibility index (Phi) is 4.26. The number of benzene rings is 2. The highest BCUT2D eigenvalue weighted by atomic mass is 16.5. The van der Waals surface area contributed by atoms with Gasteiger partial charge in [-0.15, -0.1) is 0 Å². The molecule has 0 aliphatic heterocycles. The van der Waals surface area contributed by atoms with Crippen LogP contribution in [0.2, 0.25) is 0 Å². The van der Waals surface area contributed by atoms with Crippen molar-refractivity contribution in [3.8, 4) is 5.75 Å². The Bertz CT molecular complexity index is 640. The molecule has 2 heteroatoms. The number of aliphatic hydroxyl groups is 1. The van der Waals surface area contributed by atoms with Gasteiger partial charge in [-0.25, -0.2) is 0 Å². The minimum absolute atomic E-state index is 0.207. The summed E-state index contributed by atoms with van der Waals surface area (Å²) in [6, 6.07) is 15.3. The third kappa shape index (κ3) is 3.09. The van der Waals surface area contributed by atoms with Gasteiger partial charge in [-0.05, 0) is 47.9 Å². The summed E-state index contributed by atoms with van der Waals surface area (Å²) in [5, 5.41) is 10.3. The van der Waals surface area contributed by atoms with E-state index in [1.54, 1.807) is 13.2 Å². The molecular formula is C18H18O2. The molecule has 0 saturated heterocycles. The minimum atomic E-state index is 0.207. The van der Waals surface area contributed by atoms with Gasteiger partial charge in [-0.3, -0.25) is 0 Å². The zero-order valence-corrected chi connectivity index (χ0v) is 11.8. The van der Waals surface area contributed by atoms with Crippen molar-refractivity contribution >= 4 is 11.3 Å². The smallest absolute Gasteiger partial charge is 0.123 e. The van der Waals surface area contributed by atoms with E-state index < -0.39 is 0 Å². The summed E-state index contributed by atoms with van der Waals surface area (Å²) >= 11 is 0. The SMILES string of the molecule is C=C(/C=C(/O)c1ccc(OC)cc1C)c1ccccc1. The Morgan fingerprint density at radius 3 is 2.45 bits per heavy atom. The van der Waals surface area contributed by atoms with Gasteiger partial charge in [-0.2, -0.15) is 0 Å². The van der Waals surface area contributed by atoms with Gasteiger partial charge in [0.1, 0.15) is 11.5 Å². The van der Waals surface area contributed by atoms with E-state index in [1.807, 2.05) is 55.5 Å². The van der Waals surface area contributed by atoms with Gasteiger partial charge in [0.25, 0.3) is 0 Å². The Morgan fingerprint density at radius 1 is 1.15 bits per heavy atom. The van der Waals surface area contributed by atoms with Gasteiger partial charge in [-0.1, -0.05) is 36.9 Å². The first-order valence-corrected chi connectivity index (χ1v) is 6.42. The molecule has 0 atom stereocenters. The van der Waals surface area contributed by atoms with E-state index in [0.29, 0.717) is 0 Å². The summed E-state index contributed by atoms with van der Waals surface area (Å²) in [6.07, 6.45) is 1.68. The van der Waals surface area contributed by atoms with E-state index in [0.717, 1.165) is 28.0 Å². The van der Waals surface area contributed by atoms with Gasteiger partial charge >= 0.3 is 0 Å². The number of hydrogen-bond acceptors (Lipinski definition) is 2. The second kappa shape index (κ2) is 6.11. The molecule has 2 aromatic carbocycles. The molecule has 0 amide bonds. The molecule has 20 heavy (non-hydrogen) atoms. The van der Waals surface area contributed by atoms with E-state index in [2.05, 4.69) is 6.58 Å². The van der Waals surface area contributed by atoms with Crippen molar-refractivity contribution in [1.29, 1.82) is 0 Å². The average molecular weight is 266 g/mol. The fourth-order valence-electron chi connectivity index (χ4n) is 2.03. The highest BCUT2D eigenvalue weighted by Gasteiger charge is 2.06. The van der Waals surface area contributed by atoms with E-state index in [9.17, 15) is 5.11 Å². The van der Waals surface area contributed by atoms with Crippen LogP contribution in [0.5, 0.6) is 5.75 Å². The number of rotatable bonds is 4. The van der Waals surface area contributed by atoms with Crippen LogP contribution in [0.3, 0.4) is 0 Å². The lowest BCUT2D eigenvalue weighted by atomic mass is 10.0. The van der Waals surface area contributed by atoms with Gasteiger partial charge in [0.2, 0.25) is 0 Å². The average Bonchev–Trinajstić information content (AvgIpc) is 2.47. The number of hydrogen-bond donors (Lipinski definition) is 1. The summed E-state index contributed by atoms with van der Waals surface area (Å²) in [6.45, 7) is 5.93. The standard InChI is InChI=1S/C18H18O2/c1-13(15-7-5-4-6-8-15)12-18(19)17-10-9-16(20-3)11-14(17)2/h4-12,19H,1H2,2-3H3/b18-12+. The molecule has 0 bridgehead atoms. The van der Waals surface area contributed by atoms with Crippen molar-refractivity contribution in [3.05, 3.63) is 77.9 Å². The van der Waals surface area contributed by atoms with Gasteiger partial charge in [0, 0.05) is 5.56 Å². The van der Waals surface area contributed by atoms with Crippen molar-refractivity contribution in [2.75, 3.05) is 7.11 Å². The summed E-state index contributed by atoms with van der Waals surface area (Å²) < 4.78 is 5.16. The lowest BCUT2D eigenvalue weighted by Crippen LogP contribution is -1.91. The summed E-state index contributed by atoms with van der Waals surface area (Å²) in [5.41, 5.74) is 3.50. The first-order chi connectivity index (χ1) is 9.61. The van der Waals surface area contributed by atoms with Crippen LogP contribution in [-0.2, 0) is 0 Å². The van der Waals surface area contributed by atoms with Crippen molar-refractivity contribution in [2.45, 2.75) is 6.92 Å². The molecule has 1 N–H and O–H groups in total. The Morgan fingerprint density at radius 2 is 1.85 bits per heavy atom. The zero-order chi connectivity index (χ0) is 14.5. The number of methoxy groups -OCH3 is 1. The van der Waals surface area contributed by atoms with Gasteiger partial charge in [0.15, 0.2) is 0 Å². The van der Waals surface area contributed by atoms with Gasteiger partial charge in [0.05, 0.1) is 7.11 Å². The highest BCUT2D eigenvalue weighted by Crippen LogP contribution is 2.24. The molecule has 0 unspecified atom stereocenters. The van der Waals surface area contributed by atoms with E-state index in [4.69, 9.17) is 4.74 Å². The Labute approximate surface area is 119 Å². The molecule has 0 radical (unpaired) electrons. The molecule has 102 valence electrons. The Balaban J connectivity index is 2.29. The van der Waals surface area contributed by atoms with Crippen molar-refractivity contribution < 1.29 is 9.84 Å². The van der Waals surface area contributed by atoms with E-state index in [1.165, 1.54) is 0 Å². The number of aliphatic hydroxyl groups excluding tert-OH is 1. The molecule has 0 aliphatic rings. The normalized spacial score (nSPS) is 11.2. The van der Waals surface area contributed by atoms with Crippen LogP contribution in [-0.4, -0.2) is 12.2 Å². The highest BCUT2D eigenvalue weighted by molar-refractivity contribution is 5.80. The molecule has 0 aliphatic carbocycles. The predicted octanol–water partition coefficient (Wildman–Crippen LogP) is 4.62. The maximum Gasteiger partial charge on any atom is 0.123 e. The molecule has 0 spiro atoms. The number of ether oxygens (including phenoxy) is 1. The van der Waals surface area contributed by atoms with E-state index >= 15 is 0 Å². The van der Waals surface area contributed by atoms with Crippen molar-refractivity contribution in [3.63, 3.8) is 0 Å². The van der Waals surface area contributed by atoms with Crippen LogP contribution < -0.4 is 4.74 Å². The van der Waals surface area contributed by atoms with Crippen LogP contribution in [0.25, 0.3) is 11.3 Å². The van der Waals surface area contributed by atoms with Crippen LogP contribution in [0.1, 0.15) is 16.7 Å². The monoisotopic (exact) mass is 266 g/mol. The quantitative estimate of drug-likeness (QED) is 0.646. The van der Waals surface area contributed by atoms with Crippen LogP contribution in [0, 0.1) is 6.92 Å². The third-order valence-electron chi connectivity index (χ3n) is 3.17. The van der Waals surface area contributed by atoms with Crippen LogP contribution in [0.4, 0.5) is 0 Å². The number of aryl methyl sites for hydroxylation is 1. The zero-order valence-electron chi connectivity index (χ0n) is 11.8. The molecule has 2 rings (SSSR count). The second-order valence-corrected chi connectivity index (χ2v) is 4.60. The largest absolute Gasteiger partial charge is 0.507 e. The van der Waals surface area contributed by atoms with Crippen LogP contribution in [0.15, 0.2) is 61.2 Å². The molecule has 0 saturated carbocycles. The fourth-order valence-corrected chi connectivity index (χ4v) is 2.03. The molecule has 0 aromatic heterocycles. The first kappa shape index (κ1) is 13.9. The lowest BCUT2D eigenvalue weighted by molar-refractivity contribution is 0.414. The molecular weight excluding hydrogens is 248 g/mol. The molecule has 0 fully saturated rings. The summed E-state index contributed by atoms with van der Waals surface area (Å²) in [4.78, 5) is 0. The molecule has 2 aromatic rings. The predicted molar refractivity (Wildman–Crippen MR) is 83.8 cm³/mol.